The first-order valence-electron chi connectivity index (χ1n) is 11.6. The van der Waals surface area contributed by atoms with Crippen molar-refractivity contribution in [1.82, 2.24) is 0 Å². The molecular weight excluding hydrogens is 440 g/mol. The van der Waals surface area contributed by atoms with E-state index in [0.29, 0.717) is 6.61 Å². The lowest BCUT2D eigenvalue weighted by Crippen LogP contribution is -2.25. The smallest absolute Gasteiger partial charge is 0.143 e. The molecule has 1 aliphatic heterocycles. The third-order valence-electron chi connectivity index (χ3n) is 6.50. The van der Waals surface area contributed by atoms with Crippen LogP contribution in [0.15, 0.2) is 91.0 Å². The molecule has 5 rings (SSSR count). The van der Waals surface area contributed by atoms with E-state index >= 15 is 0 Å². The van der Waals surface area contributed by atoms with Crippen LogP contribution in [0.3, 0.4) is 0 Å². The minimum atomic E-state index is -0.0860. The zero-order valence-corrected chi connectivity index (χ0v) is 20.6. The quantitative estimate of drug-likeness (QED) is 0.309. The Kier molecular flexibility index (Phi) is 5.97. The molecule has 1 aliphatic rings. The molecular formula is C30H29ClN2O. The third-order valence-corrected chi connectivity index (χ3v) is 6.75. The second-order valence-corrected chi connectivity index (χ2v) is 9.79. The molecule has 1 heterocycles. The van der Waals surface area contributed by atoms with Crippen LogP contribution in [0.5, 0.6) is 5.75 Å². The van der Waals surface area contributed by atoms with Gasteiger partial charge in [0.2, 0.25) is 0 Å². The summed E-state index contributed by atoms with van der Waals surface area (Å²) < 4.78 is 6.48. The van der Waals surface area contributed by atoms with Crippen molar-refractivity contribution in [2.75, 3.05) is 23.8 Å². The number of nitrogens with zero attached hydrogens (tertiary/aromatic N) is 1. The first-order valence-corrected chi connectivity index (χ1v) is 12.0. The van der Waals surface area contributed by atoms with Crippen LogP contribution in [-0.2, 0) is 12.0 Å². The largest absolute Gasteiger partial charge is 0.487 e. The normalized spacial score (nSPS) is 14.1. The third kappa shape index (κ3) is 4.12. The Morgan fingerprint density at radius 2 is 1.59 bits per heavy atom. The standard InChI is InChI=1S/C30H29ClN2O/c1-30(2)20-33(26-12-8-7-11-25(26)32-3)29-27(34-19-21-9-5-4-6-10-21)18-17-24(28(29)30)22-13-15-23(31)16-14-22/h4-18,32H,19-20H2,1-3H3. The van der Waals surface area contributed by atoms with Crippen LogP contribution >= 0.6 is 11.6 Å². The average Bonchev–Trinajstić information content (AvgIpc) is 3.15. The fourth-order valence-corrected chi connectivity index (χ4v) is 5.05. The number of para-hydroxylation sites is 2. The topological polar surface area (TPSA) is 24.5 Å². The Morgan fingerprint density at radius 3 is 2.32 bits per heavy atom. The number of hydrogen-bond acceptors (Lipinski definition) is 3. The van der Waals surface area contributed by atoms with Gasteiger partial charge in [-0.3, -0.25) is 0 Å². The summed E-state index contributed by atoms with van der Waals surface area (Å²) in [5.41, 5.74) is 8.11. The molecule has 0 saturated carbocycles. The summed E-state index contributed by atoms with van der Waals surface area (Å²) in [4.78, 5) is 2.40. The van der Waals surface area contributed by atoms with E-state index in [1.54, 1.807) is 0 Å². The van der Waals surface area contributed by atoms with Crippen LogP contribution in [0.25, 0.3) is 11.1 Å². The number of hydrogen-bond donors (Lipinski definition) is 1. The molecule has 0 saturated heterocycles. The molecule has 0 bridgehead atoms. The number of anilines is 3. The van der Waals surface area contributed by atoms with E-state index in [4.69, 9.17) is 16.3 Å². The van der Waals surface area contributed by atoms with Crippen molar-refractivity contribution in [3.63, 3.8) is 0 Å². The lowest BCUT2D eigenvalue weighted by atomic mass is 9.81. The Bertz CT molecular complexity index is 1300. The number of rotatable bonds is 6. The summed E-state index contributed by atoms with van der Waals surface area (Å²) in [5, 5.41) is 4.11. The highest BCUT2D eigenvalue weighted by Gasteiger charge is 2.41. The lowest BCUT2D eigenvalue weighted by Gasteiger charge is -2.25. The fourth-order valence-electron chi connectivity index (χ4n) is 4.93. The highest BCUT2D eigenvalue weighted by Crippen LogP contribution is 2.54. The molecule has 172 valence electrons. The molecule has 0 atom stereocenters. The van der Waals surface area contributed by atoms with Crippen molar-refractivity contribution >= 4 is 28.7 Å². The molecule has 34 heavy (non-hydrogen) atoms. The Hall–Kier alpha value is -3.43. The molecule has 0 radical (unpaired) electrons. The van der Waals surface area contributed by atoms with E-state index < -0.39 is 0 Å². The van der Waals surface area contributed by atoms with Gasteiger partial charge in [-0.25, -0.2) is 0 Å². The maximum Gasteiger partial charge on any atom is 0.143 e. The lowest BCUT2D eigenvalue weighted by molar-refractivity contribution is 0.307. The van der Waals surface area contributed by atoms with Crippen molar-refractivity contribution in [1.29, 1.82) is 0 Å². The van der Waals surface area contributed by atoms with Crippen molar-refractivity contribution < 1.29 is 4.74 Å². The van der Waals surface area contributed by atoms with E-state index in [-0.39, 0.29) is 5.41 Å². The molecule has 4 aromatic carbocycles. The molecule has 0 spiro atoms. The molecule has 4 aromatic rings. The summed E-state index contributed by atoms with van der Waals surface area (Å²) in [6.07, 6.45) is 0. The summed E-state index contributed by atoms with van der Waals surface area (Å²) in [6, 6.07) is 31.2. The number of fused-ring (bicyclic) bond motifs is 1. The predicted molar refractivity (Wildman–Crippen MR) is 144 cm³/mol. The van der Waals surface area contributed by atoms with Crippen LogP contribution < -0.4 is 15.0 Å². The predicted octanol–water partition coefficient (Wildman–Crippen LogP) is 8.06. The van der Waals surface area contributed by atoms with Crippen LogP contribution in [0.4, 0.5) is 17.1 Å². The highest BCUT2D eigenvalue weighted by atomic mass is 35.5. The Balaban J connectivity index is 1.68. The van der Waals surface area contributed by atoms with Crippen LogP contribution in [0, 0.1) is 0 Å². The molecule has 0 aliphatic carbocycles. The van der Waals surface area contributed by atoms with Gasteiger partial charge in [-0.15, -0.1) is 0 Å². The van der Waals surface area contributed by atoms with Gasteiger partial charge >= 0.3 is 0 Å². The SMILES string of the molecule is CNc1ccccc1N1CC(C)(C)c2c(-c3ccc(Cl)cc3)ccc(OCc3ccccc3)c21. The van der Waals surface area contributed by atoms with Crippen molar-refractivity contribution in [2.24, 2.45) is 0 Å². The van der Waals surface area contributed by atoms with Crippen molar-refractivity contribution in [3.8, 4) is 16.9 Å². The van der Waals surface area contributed by atoms with Gasteiger partial charge in [0.15, 0.2) is 0 Å². The van der Waals surface area contributed by atoms with Gasteiger partial charge in [-0.1, -0.05) is 86.1 Å². The second-order valence-electron chi connectivity index (χ2n) is 9.35. The molecule has 1 N–H and O–H groups in total. The van der Waals surface area contributed by atoms with E-state index in [2.05, 4.69) is 84.7 Å². The number of halogens is 1. The Labute approximate surface area is 207 Å². The summed E-state index contributed by atoms with van der Waals surface area (Å²) in [7, 11) is 1.97. The highest BCUT2D eigenvalue weighted by molar-refractivity contribution is 6.30. The first kappa shape index (κ1) is 22.4. The maximum absolute atomic E-state index is 6.48. The van der Waals surface area contributed by atoms with Gasteiger partial charge in [0.25, 0.3) is 0 Å². The van der Waals surface area contributed by atoms with E-state index in [1.165, 1.54) is 11.1 Å². The number of ether oxygens (including phenoxy) is 1. The van der Waals surface area contributed by atoms with Gasteiger partial charge in [0.05, 0.1) is 17.1 Å². The van der Waals surface area contributed by atoms with E-state index in [0.717, 1.165) is 45.5 Å². The van der Waals surface area contributed by atoms with Gasteiger partial charge in [0, 0.05) is 24.0 Å². The average molecular weight is 469 g/mol. The molecule has 0 fully saturated rings. The second kappa shape index (κ2) is 9.08. The molecule has 4 heteroatoms. The summed E-state index contributed by atoms with van der Waals surface area (Å²) >= 11 is 6.20. The minimum absolute atomic E-state index is 0.0860. The van der Waals surface area contributed by atoms with Gasteiger partial charge in [-0.05, 0) is 52.6 Å². The summed E-state index contributed by atoms with van der Waals surface area (Å²) in [6.45, 7) is 6.01. The van der Waals surface area contributed by atoms with Gasteiger partial charge < -0.3 is 15.0 Å². The van der Waals surface area contributed by atoms with Gasteiger partial charge in [0.1, 0.15) is 12.4 Å². The van der Waals surface area contributed by atoms with Crippen LogP contribution in [0.2, 0.25) is 5.02 Å². The first-order chi connectivity index (χ1) is 16.5. The minimum Gasteiger partial charge on any atom is -0.487 e. The van der Waals surface area contributed by atoms with E-state index in [1.807, 2.05) is 37.4 Å². The number of benzene rings is 4. The van der Waals surface area contributed by atoms with Crippen LogP contribution in [-0.4, -0.2) is 13.6 Å². The zero-order chi connectivity index (χ0) is 23.7. The molecule has 0 amide bonds. The number of nitrogens with one attached hydrogen (secondary N) is 1. The van der Waals surface area contributed by atoms with Crippen molar-refractivity contribution in [3.05, 3.63) is 107 Å². The maximum atomic E-state index is 6.48. The molecule has 0 aromatic heterocycles. The van der Waals surface area contributed by atoms with Crippen LogP contribution in [0.1, 0.15) is 25.0 Å². The summed E-state index contributed by atoms with van der Waals surface area (Å²) in [5.74, 6) is 0.896. The van der Waals surface area contributed by atoms with Gasteiger partial charge in [-0.2, -0.15) is 0 Å². The fraction of sp³-hybridized carbons (Fsp3) is 0.200. The zero-order valence-electron chi connectivity index (χ0n) is 19.8. The van der Waals surface area contributed by atoms with Crippen molar-refractivity contribution in [2.45, 2.75) is 25.9 Å². The molecule has 3 nitrogen and oxygen atoms in total. The van der Waals surface area contributed by atoms with E-state index in [9.17, 15) is 0 Å². The molecule has 0 unspecified atom stereocenters. The Morgan fingerprint density at radius 1 is 0.882 bits per heavy atom. The monoisotopic (exact) mass is 468 g/mol.